The van der Waals surface area contributed by atoms with Crippen LogP contribution in [0.15, 0.2) is 12.1 Å². The highest BCUT2D eigenvalue weighted by Crippen LogP contribution is 2.30. The molecule has 4 N–H and O–H groups in total. The van der Waals surface area contributed by atoms with Crippen molar-refractivity contribution in [1.29, 1.82) is 0 Å². The molecule has 20 heavy (non-hydrogen) atoms. The largest absolute Gasteiger partial charge is 0.470 e. The van der Waals surface area contributed by atoms with E-state index in [0.29, 0.717) is 23.9 Å². The van der Waals surface area contributed by atoms with Crippen LogP contribution in [0, 0.1) is 0 Å². The lowest BCUT2D eigenvalue weighted by molar-refractivity contribution is 0.0613. The molecule has 0 aliphatic heterocycles. The molecule has 5 nitrogen and oxygen atoms in total. The Hall–Kier alpha value is -1.49. The van der Waals surface area contributed by atoms with Crippen molar-refractivity contribution < 1.29 is 9.84 Å². The summed E-state index contributed by atoms with van der Waals surface area (Å²) < 4.78 is 5.73. The lowest BCUT2D eigenvalue weighted by Gasteiger charge is -2.24. The van der Waals surface area contributed by atoms with E-state index in [-0.39, 0.29) is 5.60 Å². The first-order valence-electron chi connectivity index (χ1n) is 7.19. The third-order valence-corrected chi connectivity index (χ3v) is 3.43. The van der Waals surface area contributed by atoms with Gasteiger partial charge in [-0.25, -0.2) is 0 Å². The second-order valence-corrected chi connectivity index (χ2v) is 6.59. The number of pyridine rings is 1. The van der Waals surface area contributed by atoms with Gasteiger partial charge in [0.25, 0.3) is 0 Å². The number of nitrogens with zero attached hydrogens (tertiary/aromatic N) is 1. The highest BCUT2D eigenvalue weighted by molar-refractivity contribution is 5.53. The SMILES string of the molecule is CC(C)(C)Oc1nc(NCC2(O)CCCC2)ccc1N. The molecule has 0 spiro atoms. The van der Waals surface area contributed by atoms with Crippen molar-refractivity contribution >= 4 is 11.5 Å². The fourth-order valence-corrected chi connectivity index (χ4v) is 2.39. The molecule has 0 aromatic carbocycles. The van der Waals surface area contributed by atoms with Crippen LogP contribution in [0.3, 0.4) is 0 Å². The Balaban J connectivity index is 2.03. The molecule has 1 aliphatic carbocycles. The summed E-state index contributed by atoms with van der Waals surface area (Å²) in [5.41, 5.74) is 5.45. The number of aliphatic hydroxyl groups is 1. The Labute approximate surface area is 120 Å². The summed E-state index contributed by atoms with van der Waals surface area (Å²) in [6, 6.07) is 3.58. The maximum absolute atomic E-state index is 10.3. The summed E-state index contributed by atoms with van der Waals surface area (Å²) in [6.07, 6.45) is 3.87. The molecular formula is C15H25N3O2. The van der Waals surface area contributed by atoms with Gasteiger partial charge in [0.2, 0.25) is 5.88 Å². The van der Waals surface area contributed by atoms with Crippen LogP contribution in [0.1, 0.15) is 46.5 Å². The van der Waals surface area contributed by atoms with Gasteiger partial charge in [-0.1, -0.05) is 12.8 Å². The van der Waals surface area contributed by atoms with Crippen molar-refractivity contribution in [1.82, 2.24) is 4.98 Å². The molecular weight excluding hydrogens is 254 g/mol. The molecule has 1 aliphatic rings. The summed E-state index contributed by atoms with van der Waals surface area (Å²) in [4.78, 5) is 4.38. The van der Waals surface area contributed by atoms with Crippen LogP contribution in [0.25, 0.3) is 0 Å². The Morgan fingerprint density at radius 1 is 1.35 bits per heavy atom. The average molecular weight is 279 g/mol. The molecule has 5 heteroatoms. The fourth-order valence-electron chi connectivity index (χ4n) is 2.39. The van der Waals surface area contributed by atoms with E-state index in [2.05, 4.69) is 10.3 Å². The molecule has 0 amide bonds. The summed E-state index contributed by atoms with van der Waals surface area (Å²) in [6.45, 7) is 6.37. The Morgan fingerprint density at radius 3 is 2.60 bits per heavy atom. The lowest BCUT2D eigenvalue weighted by atomic mass is 10.0. The Bertz CT molecular complexity index is 463. The van der Waals surface area contributed by atoms with E-state index in [9.17, 15) is 5.11 Å². The van der Waals surface area contributed by atoms with E-state index >= 15 is 0 Å². The normalized spacial score (nSPS) is 18.0. The molecule has 0 atom stereocenters. The van der Waals surface area contributed by atoms with E-state index < -0.39 is 5.60 Å². The molecule has 0 radical (unpaired) electrons. The molecule has 112 valence electrons. The van der Waals surface area contributed by atoms with Crippen molar-refractivity contribution in [2.75, 3.05) is 17.6 Å². The maximum atomic E-state index is 10.3. The van der Waals surface area contributed by atoms with Gasteiger partial charge in [-0.05, 0) is 45.7 Å². The zero-order chi connectivity index (χ0) is 14.8. The number of nitrogens with one attached hydrogen (secondary N) is 1. The minimum atomic E-state index is -0.603. The van der Waals surface area contributed by atoms with Gasteiger partial charge >= 0.3 is 0 Å². The number of anilines is 2. The van der Waals surface area contributed by atoms with Gasteiger partial charge in [0.15, 0.2) is 0 Å². The minimum Gasteiger partial charge on any atom is -0.470 e. The number of aromatic nitrogens is 1. The molecule has 1 aromatic heterocycles. The molecule has 0 saturated heterocycles. The van der Waals surface area contributed by atoms with E-state index in [4.69, 9.17) is 10.5 Å². The number of hydrogen-bond acceptors (Lipinski definition) is 5. The van der Waals surface area contributed by atoms with Gasteiger partial charge in [-0.2, -0.15) is 4.98 Å². The fraction of sp³-hybridized carbons (Fsp3) is 0.667. The van der Waals surface area contributed by atoms with Crippen LogP contribution in [-0.4, -0.2) is 27.8 Å². The topological polar surface area (TPSA) is 80.4 Å². The van der Waals surface area contributed by atoms with Crippen molar-refractivity contribution in [2.45, 2.75) is 57.7 Å². The van der Waals surface area contributed by atoms with Crippen LogP contribution in [0.2, 0.25) is 0 Å². The molecule has 1 saturated carbocycles. The predicted octanol–water partition coefficient (Wildman–Crippen LogP) is 2.56. The molecule has 1 aromatic rings. The lowest BCUT2D eigenvalue weighted by Crippen LogP contribution is -2.33. The second-order valence-electron chi connectivity index (χ2n) is 6.59. The van der Waals surface area contributed by atoms with E-state index in [1.807, 2.05) is 26.8 Å². The third-order valence-electron chi connectivity index (χ3n) is 3.43. The number of nitrogen functional groups attached to an aromatic ring is 1. The first kappa shape index (κ1) is 14.9. The third kappa shape index (κ3) is 4.00. The second kappa shape index (κ2) is 5.48. The Morgan fingerprint density at radius 2 is 2.00 bits per heavy atom. The molecule has 0 unspecified atom stereocenters. The van der Waals surface area contributed by atoms with Crippen molar-refractivity contribution in [3.8, 4) is 5.88 Å². The van der Waals surface area contributed by atoms with Gasteiger partial charge in [0.1, 0.15) is 11.4 Å². The average Bonchev–Trinajstić information content (AvgIpc) is 2.76. The zero-order valence-electron chi connectivity index (χ0n) is 12.6. The molecule has 1 heterocycles. The molecule has 1 fully saturated rings. The summed E-state index contributed by atoms with van der Waals surface area (Å²) in [7, 11) is 0. The first-order chi connectivity index (χ1) is 9.27. The zero-order valence-corrected chi connectivity index (χ0v) is 12.6. The Kier molecular flexibility index (Phi) is 4.09. The summed E-state index contributed by atoms with van der Waals surface area (Å²) >= 11 is 0. The maximum Gasteiger partial charge on any atom is 0.239 e. The van der Waals surface area contributed by atoms with Crippen LogP contribution >= 0.6 is 0 Å². The monoisotopic (exact) mass is 279 g/mol. The van der Waals surface area contributed by atoms with E-state index in [1.165, 1.54) is 0 Å². The van der Waals surface area contributed by atoms with Crippen LogP contribution in [-0.2, 0) is 0 Å². The molecule has 2 rings (SSSR count). The van der Waals surface area contributed by atoms with Crippen molar-refractivity contribution in [3.63, 3.8) is 0 Å². The molecule has 0 bridgehead atoms. The first-order valence-corrected chi connectivity index (χ1v) is 7.19. The van der Waals surface area contributed by atoms with Crippen LogP contribution in [0.5, 0.6) is 5.88 Å². The minimum absolute atomic E-state index is 0.344. The van der Waals surface area contributed by atoms with Gasteiger partial charge in [-0.15, -0.1) is 0 Å². The number of nitrogens with two attached hydrogens (primary N) is 1. The number of ether oxygens (including phenoxy) is 1. The van der Waals surface area contributed by atoms with Crippen LogP contribution in [0.4, 0.5) is 11.5 Å². The van der Waals surface area contributed by atoms with Crippen LogP contribution < -0.4 is 15.8 Å². The van der Waals surface area contributed by atoms with Gasteiger partial charge in [0, 0.05) is 6.54 Å². The van der Waals surface area contributed by atoms with Gasteiger partial charge in [-0.3, -0.25) is 0 Å². The smallest absolute Gasteiger partial charge is 0.239 e. The van der Waals surface area contributed by atoms with Crippen molar-refractivity contribution in [3.05, 3.63) is 12.1 Å². The van der Waals surface area contributed by atoms with E-state index in [1.54, 1.807) is 6.07 Å². The van der Waals surface area contributed by atoms with Gasteiger partial charge < -0.3 is 20.9 Å². The number of rotatable bonds is 4. The highest BCUT2D eigenvalue weighted by atomic mass is 16.5. The van der Waals surface area contributed by atoms with Crippen molar-refractivity contribution in [2.24, 2.45) is 0 Å². The predicted molar refractivity (Wildman–Crippen MR) is 80.9 cm³/mol. The quantitative estimate of drug-likeness (QED) is 0.789. The summed E-state index contributed by atoms with van der Waals surface area (Å²) in [5, 5.41) is 13.5. The number of hydrogen-bond donors (Lipinski definition) is 3. The van der Waals surface area contributed by atoms with E-state index in [0.717, 1.165) is 25.7 Å². The van der Waals surface area contributed by atoms with Gasteiger partial charge in [0.05, 0.1) is 11.3 Å². The standard InChI is InChI=1S/C15H25N3O2/c1-14(2,3)20-13-11(16)6-7-12(18-13)17-10-15(19)8-4-5-9-15/h6-7,19H,4-5,8-10,16H2,1-3H3,(H,17,18). The highest BCUT2D eigenvalue weighted by Gasteiger charge is 2.30. The summed E-state index contributed by atoms with van der Waals surface area (Å²) in [5.74, 6) is 1.11.